The fraction of sp³-hybridized carbons (Fsp3) is 0. The highest BCUT2D eigenvalue weighted by Gasteiger charge is 2.08. The molecule has 4 nitrogen and oxygen atoms in total. The molecule has 0 radical (unpaired) electrons. The van der Waals surface area contributed by atoms with E-state index in [-0.39, 0.29) is 5.56 Å². The van der Waals surface area contributed by atoms with Crippen LogP contribution in [0.4, 0.5) is 0 Å². The Kier molecular flexibility index (Phi) is 3.57. The number of nitrogens with zero attached hydrogens (tertiary/aromatic N) is 2. The van der Waals surface area contributed by atoms with Gasteiger partial charge in [0.2, 0.25) is 0 Å². The maximum Gasteiger partial charge on any atom is 0.335 e. The summed E-state index contributed by atoms with van der Waals surface area (Å²) in [4.78, 5) is 11.7. The smallest absolute Gasteiger partial charge is 0.335 e. The van der Waals surface area contributed by atoms with Crippen LogP contribution in [-0.4, -0.2) is 21.3 Å². The van der Waals surface area contributed by atoms with Crippen LogP contribution >= 0.6 is 39.0 Å². The Morgan fingerprint density at radius 2 is 2.25 bits per heavy atom. The normalized spacial score (nSPS) is 10.3. The van der Waals surface area contributed by atoms with Gasteiger partial charge in [0.15, 0.2) is 4.34 Å². The third-order valence-electron chi connectivity index (χ3n) is 1.66. The van der Waals surface area contributed by atoms with Crippen molar-refractivity contribution in [2.45, 2.75) is 9.24 Å². The molecular formula is C9H5BrN2O2S2. The number of carbonyl (C=O) groups is 1. The average Bonchev–Trinajstić information content (AvgIpc) is 2.69. The van der Waals surface area contributed by atoms with Crippen molar-refractivity contribution in [1.29, 1.82) is 0 Å². The first-order valence-corrected chi connectivity index (χ1v) is 6.62. The monoisotopic (exact) mass is 316 g/mol. The van der Waals surface area contributed by atoms with E-state index >= 15 is 0 Å². The van der Waals surface area contributed by atoms with E-state index in [1.165, 1.54) is 23.1 Å². The minimum Gasteiger partial charge on any atom is -0.478 e. The van der Waals surface area contributed by atoms with E-state index in [0.717, 1.165) is 13.7 Å². The molecule has 0 saturated carbocycles. The van der Waals surface area contributed by atoms with Crippen molar-refractivity contribution < 1.29 is 9.90 Å². The lowest BCUT2D eigenvalue weighted by molar-refractivity contribution is 0.0696. The molecular weight excluding hydrogens is 312 g/mol. The van der Waals surface area contributed by atoms with E-state index in [4.69, 9.17) is 5.11 Å². The zero-order valence-electron chi connectivity index (χ0n) is 7.75. The molecule has 0 aliphatic carbocycles. The van der Waals surface area contributed by atoms with Crippen LogP contribution in [0.15, 0.2) is 37.4 Å². The Bertz CT molecular complexity index is 516. The highest BCUT2D eigenvalue weighted by atomic mass is 79.9. The first kappa shape index (κ1) is 11.6. The standard InChI is InChI=1S/C9H5BrN2O2S2/c10-6-1-5(8(13)14)2-7(3-6)16-9-12-11-4-15-9/h1-4H,(H,13,14). The number of rotatable bonds is 3. The second kappa shape index (κ2) is 4.94. The first-order chi connectivity index (χ1) is 7.65. The molecule has 2 rings (SSSR count). The molecule has 0 unspecified atom stereocenters. The second-order valence-electron chi connectivity index (χ2n) is 2.79. The number of carboxylic acid groups (broad SMARTS) is 1. The lowest BCUT2D eigenvalue weighted by Gasteiger charge is -2.01. The van der Waals surface area contributed by atoms with Gasteiger partial charge in [0, 0.05) is 9.37 Å². The molecule has 0 bridgehead atoms. The van der Waals surface area contributed by atoms with Gasteiger partial charge in [-0.3, -0.25) is 0 Å². The first-order valence-electron chi connectivity index (χ1n) is 4.13. The summed E-state index contributed by atoms with van der Waals surface area (Å²) in [6.07, 6.45) is 0. The van der Waals surface area contributed by atoms with Crippen LogP contribution in [0.3, 0.4) is 0 Å². The Morgan fingerprint density at radius 3 is 2.88 bits per heavy atom. The maximum atomic E-state index is 10.9. The lowest BCUT2D eigenvalue weighted by atomic mass is 10.2. The van der Waals surface area contributed by atoms with E-state index in [1.54, 1.807) is 17.6 Å². The van der Waals surface area contributed by atoms with Crippen LogP contribution in [0.2, 0.25) is 0 Å². The van der Waals surface area contributed by atoms with Gasteiger partial charge in [-0.15, -0.1) is 10.2 Å². The summed E-state index contributed by atoms with van der Waals surface area (Å²) in [6.45, 7) is 0. The van der Waals surface area contributed by atoms with E-state index in [0.29, 0.717) is 0 Å². The lowest BCUT2D eigenvalue weighted by Crippen LogP contribution is -1.95. The zero-order valence-corrected chi connectivity index (χ0v) is 11.0. The van der Waals surface area contributed by atoms with E-state index in [2.05, 4.69) is 26.1 Å². The van der Waals surface area contributed by atoms with Crippen molar-refractivity contribution in [3.63, 3.8) is 0 Å². The molecule has 0 amide bonds. The van der Waals surface area contributed by atoms with Crippen molar-refractivity contribution in [3.05, 3.63) is 33.7 Å². The Morgan fingerprint density at radius 1 is 1.44 bits per heavy atom. The number of hydrogen-bond acceptors (Lipinski definition) is 5. The molecule has 0 aliphatic heterocycles. The summed E-state index contributed by atoms with van der Waals surface area (Å²) in [5.41, 5.74) is 1.89. The van der Waals surface area contributed by atoms with Crippen LogP contribution in [0.5, 0.6) is 0 Å². The van der Waals surface area contributed by atoms with Crippen molar-refractivity contribution >= 4 is 45.0 Å². The van der Waals surface area contributed by atoms with Crippen molar-refractivity contribution in [2.24, 2.45) is 0 Å². The molecule has 7 heteroatoms. The van der Waals surface area contributed by atoms with Gasteiger partial charge in [0.05, 0.1) is 5.56 Å². The van der Waals surface area contributed by atoms with Gasteiger partial charge in [-0.25, -0.2) is 4.79 Å². The van der Waals surface area contributed by atoms with E-state index < -0.39 is 5.97 Å². The summed E-state index contributed by atoms with van der Waals surface area (Å²) >= 11 is 6.08. The van der Waals surface area contributed by atoms with Crippen molar-refractivity contribution in [2.75, 3.05) is 0 Å². The summed E-state index contributed by atoms with van der Waals surface area (Å²) in [6, 6.07) is 5.02. The SMILES string of the molecule is O=C(O)c1cc(Br)cc(Sc2nncs2)c1. The molecule has 0 spiro atoms. The molecule has 1 heterocycles. The van der Waals surface area contributed by atoms with Crippen LogP contribution in [0.1, 0.15) is 10.4 Å². The summed E-state index contributed by atoms with van der Waals surface area (Å²) in [5, 5.41) is 16.5. The Labute approximate surface area is 108 Å². The predicted molar refractivity (Wildman–Crippen MR) is 65.1 cm³/mol. The fourth-order valence-corrected chi connectivity index (χ4v) is 3.25. The van der Waals surface area contributed by atoms with Gasteiger partial charge in [0.1, 0.15) is 5.51 Å². The summed E-state index contributed by atoms with van der Waals surface area (Å²) in [5.74, 6) is -0.944. The van der Waals surface area contributed by atoms with Crippen LogP contribution < -0.4 is 0 Å². The zero-order chi connectivity index (χ0) is 11.5. The Hall–Kier alpha value is -0.920. The largest absolute Gasteiger partial charge is 0.478 e. The highest BCUT2D eigenvalue weighted by Crippen LogP contribution is 2.31. The van der Waals surface area contributed by atoms with E-state index in [1.807, 2.05) is 6.07 Å². The number of halogens is 1. The fourth-order valence-electron chi connectivity index (χ4n) is 1.05. The Balaban J connectivity index is 2.31. The second-order valence-corrected chi connectivity index (χ2v) is 5.86. The number of hydrogen-bond donors (Lipinski definition) is 1. The summed E-state index contributed by atoms with van der Waals surface area (Å²) < 4.78 is 1.52. The van der Waals surface area contributed by atoms with Crippen molar-refractivity contribution in [1.82, 2.24) is 10.2 Å². The minimum atomic E-state index is -0.944. The van der Waals surface area contributed by atoms with Gasteiger partial charge in [-0.2, -0.15) is 0 Å². The molecule has 1 N–H and O–H groups in total. The molecule has 16 heavy (non-hydrogen) atoms. The third-order valence-corrected chi connectivity index (χ3v) is 3.87. The molecule has 0 saturated heterocycles. The number of aromatic nitrogens is 2. The van der Waals surface area contributed by atoms with Crippen LogP contribution in [0.25, 0.3) is 0 Å². The molecule has 1 aromatic heterocycles. The number of benzene rings is 1. The molecule has 1 aromatic carbocycles. The van der Waals surface area contributed by atoms with Gasteiger partial charge >= 0.3 is 5.97 Å². The number of aromatic carboxylic acids is 1. The van der Waals surface area contributed by atoms with Gasteiger partial charge in [-0.05, 0) is 18.2 Å². The topological polar surface area (TPSA) is 63.1 Å². The summed E-state index contributed by atoms with van der Waals surface area (Å²) in [7, 11) is 0. The quantitative estimate of drug-likeness (QED) is 0.942. The molecule has 82 valence electrons. The molecule has 0 atom stereocenters. The van der Waals surface area contributed by atoms with Crippen LogP contribution in [-0.2, 0) is 0 Å². The predicted octanol–water partition coefficient (Wildman–Crippen LogP) is 3.15. The number of carboxylic acids is 1. The maximum absolute atomic E-state index is 10.9. The molecule has 0 aliphatic rings. The van der Waals surface area contributed by atoms with Gasteiger partial charge in [0.25, 0.3) is 0 Å². The van der Waals surface area contributed by atoms with Gasteiger partial charge in [-0.1, -0.05) is 39.0 Å². The molecule has 2 aromatic rings. The third kappa shape index (κ3) is 2.81. The van der Waals surface area contributed by atoms with E-state index in [9.17, 15) is 4.79 Å². The van der Waals surface area contributed by atoms with Crippen LogP contribution in [0, 0.1) is 0 Å². The van der Waals surface area contributed by atoms with Crippen molar-refractivity contribution in [3.8, 4) is 0 Å². The average molecular weight is 317 g/mol. The minimum absolute atomic E-state index is 0.251. The highest BCUT2D eigenvalue weighted by molar-refractivity contribution is 9.10. The molecule has 0 fully saturated rings. The van der Waals surface area contributed by atoms with Gasteiger partial charge < -0.3 is 5.11 Å².